The van der Waals surface area contributed by atoms with Gasteiger partial charge < -0.3 is 15.5 Å². The Balaban J connectivity index is 1.72. The number of hydrogen-bond acceptors (Lipinski definition) is 4. The van der Waals surface area contributed by atoms with Crippen LogP contribution in [0.3, 0.4) is 0 Å². The van der Waals surface area contributed by atoms with Crippen LogP contribution in [-0.4, -0.2) is 50.5 Å². The maximum atomic E-state index is 12.8. The second kappa shape index (κ2) is 8.24. The summed E-state index contributed by atoms with van der Waals surface area (Å²) in [5.41, 5.74) is 7.79. The number of rotatable bonds is 5. The highest BCUT2D eigenvalue weighted by Gasteiger charge is 2.30. The molecule has 2 N–H and O–H groups in total. The van der Waals surface area contributed by atoms with Gasteiger partial charge in [0.2, 0.25) is 11.8 Å². The molecular weight excluding hydrogens is 342 g/mol. The summed E-state index contributed by atoms with van der Waals surface area (Å²) >= 11 is 0. The van der Waals surface area contributed by atoms with E-state index >= 15 is 0 Å². The SMILES string of the molecule is CC[C@H]1CN(C(=O)Cn2nc(C)cc2N)CCC(=O)N1Cc1ccccc1. The Kier molecular flexibility index (Phi) is 5.78. The number of anilines is 1. The number of carbonyl (C=O) groups is 2. The number of hydrogen-bond donors (Lipinski definition) is 1. The third-order valence-electron chi connectivity index (χ3n) is 5.03. The molecule has 1 aliphatic heterocycles. The molecule has 3 rings (SSSR count). The minimum atomic E-state index is -0.0578. The molecule has 2 heterocycles. The second-order valence-corrected chi connectivity index (χ2v) is 7.03. The van der Waals surface area contributed by atoms with Crippen molar-refractivity contribution in [1.82, 2.24) is 19.6 Å². The van der Waals surface area contributed by atoms with Gasteiger partial charge in [-0.3, -0.25) is 9.59 Å². The summed E-state index contributed by atoms with van der Waals surface area (Å²) in [7, 11) is 0. The Morgan fingerprint density at radius 2 is 2.04 bits per heavy atom. The summed E-state index contributed by atoms with van der Waals surface area (Å²) in [5.74, 6) is 0.512. The molecule has 1 aliphatic rings. The predicted octanol–water partition coefficient (Wildman–Crippen LogP) is 1.81. The number of aryl methyl sites for hydroxylation is 1. The van der Waals surface area contributed by atoms with Crippen LogP contribution in [0, 0.1) is 6.92 Å². The number of nitrogens with two attached hydrogens (primary N) is 1. The zero-order chi connectivity index (χ0) is 19.4. The largest absolute Gasteiger partial charge is 0.384 e. The smallest absolute Gasteiger partial charge is 0.244 e. The molecule has 0 spiro atoms. The van der Waals surface area contributed by atoms with Crippen molar-refractivity contribution in [1.29, 1.82) is 0 Å². The van der Waals surface area contributed by atoms with Gasteiger partial charge in [0.25, 0.3) is 0 Å². The van der Waals surface area contributed by atoms with Crippen molar-refractivity contribution in [3.05, 3.63) is 47.7 Å². The molecule has 1 atom stereocenters. The monoisotopic (exact) mass is 369 g/mol. The second-order valence-electron chi connectivity index (χ2n) is 7.03. The van der Waals surface area contributed by atoms with E-state index in [4.69, 9.17) is 5.73 Å². The van der Waals surface area contributed by atoms with Gasteiger partial charge in [-0.2, -0.15) is 5.10 Å². The lowest BCUT2D eigenvalue weighted by Gasteiger charge is -2.31. The van der Waals surface area contributed by atoms with E-state index in [2.05, 4.69) is 12.0 Å². The zero-order valence-electron chi connectivity index (χ0n) is 16.0. The fraction of sp³-hybridized carbons (Fsp3) is 0.450. The van der Waals surface area contributed by atoms with E-state index in [1.165, 1.54) is 4.68 Å². The molecule has 0 bridgehead atoms. The van der Waals surface area contributed by atoms with Crippen LogP contribution in [0.4, 0.5) is 5.82 Å². The fourth-order valence-corrected chi connectivity index (χ4v) is 3.52. The summed E-state index contributed by atoms with van der Waals surface area (Å²) in [4.78, 5) is 29.2. The van der Waals surface area contributed by atoms with Crippen molar-refractivity contribution in [2.75, 3.05) is 18.8 Å². The van der Waals surface area contributed by atoms with Crippen LogP contribution >= 0.6 is 0 Å². The first-order valence-corrected chi connectivity index (χ1v) is 9.39. The summed E-state index contributed by atoms with van der Waals surface area (Å²) < 4.78 is 1.52. The van der Waals surface area contributed by atoms with Gasteiger partial charge in [0.05, 0.1) is 5.69 Å². The minimum Gasteiger partial charge on any atom is -0.384 e. The third kappa shape index (κ3) is 4.48. The van der Waals surface area contributed by atoms with Gasteiger partial charge in [0, 0.05) is 38.2 Å². The number of nitrogens with zero attached hydrogens (tertiary/aromatic N) is 4. The Labute approximate surface area is 159 Å². The van der Waals surface area contributed by atoms with Gasteiger partial charge in [-0.05, 0) is 18.9 Å². The van der Waals surface area contributed by atoms with E-state index in [1.54, 1.807) is 11.0 Å². The lowest BCUT2D eigenvalue weighted by atomic mass is 10.1. The lowest BCUT2D eigenvalue weighted by Crippen LogP contribution is -2.44. The number of amides is 2. The lowest BCUT2D eigenvalue weighted by molar-refractivity contribution is -0.133. The van der Waals surface area contributed by atoms with Crippen molar-refractivity contribution in [3.63, 3.8) is 0 Å². The van der Waals surface area contributed by atoms with E-state index in [0.29, 0.717) is 31.9 Å². The fourth-order valence-electron chi connectivity index (χ4n) is 3.52. The first-order chi connectivity index (χ1) is 13.0. The van der Waals surface area contributed by atoms with Crippen molar-refractivity contribution in [2.45, 2.75) is 45.8 Å². The number of benzene rings is 1. The van der Waals surface area contributed by atoms with Crippen molar-refractivity contribution >= 4 is 17.6 Å². The molecule has 2 aromatic rings. The number of aromatic nitrogens is 2. The minimum absolute atomic E-state index is 0.000797. The van der Waals surface area contributed by atoms with Crippen molar-refractivity contribution in [2.24, 2.45) is 0 Å². The molecule has 7 heteroatoms. The van der Waals surface area contributed by atoms with Gasteiger partial charge >= 0.3 is 0 Å². The van der Waals surface area contributed by atoms with Gasteiger partial charge in [-0.1, -0.05) is 37.3 Å². The number of nitrogen functional groups attached to an aromatic ring is 1. The molecule has 2 amide bonds. The maximum Gasteiger partial charge on any atom is 0.244 e. The molecule has 0 unspecified atom stereocenters. The molecule has 27 heavy (non-hydrogen) atoms. The van der Waals surface area contributed by atoms with Gasteiger partial charge in [-0.25, -0.2) is 4.68 Å². The standard InChI is InChI=1S/C20H27N5O2/c1-3-17-13-23(20(27)14-25-18(21)11-15(2)22-25)10-9-19(26)24(17)12-16-7-5-4-6-8-16/h4-8,11,17H,3,9-10,12-14,21H2,1-2H3/t17-/m0/s1. The molecular formula is C20H27N5O2. The predicted molar refractivity (Wildman–Crippen MR) is 104 cm³/mol. The molecule has 1 aromatic heterocycles. The van der Waals surface area contributed by atoms with Crippen LogP contribution in [0.5, 0.6) is 0 Å². The topological polar surface area (TPSA) is 84.5 Å². The quantitative estimate of drug-likeness (QED) is 0.871. The van der Waals surface area contributed by atoms with E-state index in [-0.39, 0.29) is 24.4 Å². The zero-order valence-corrected chi connectivity index (χ0v) is 16.0. The van der Waals surface area contributed by atoms with Crippen LogP contribution in [0.15, 0.2) is 36.4 Å². The van der Waals surface area contributed by atoms with Crippen LogP contribution in [0.25, 0.3) is 0 Å². The Hall–Kier alpha value is -2.83. The third-order valence-corrected chi connectivity index (χ3v) is 5.03. The first kappa shape index (κ1) is 18.9. The van der Waals surface area contributed by atoms with Gasteiger partial charge in [0.15, 0.2) is 0 Å². The highest BCUT2D eigenvalue weighted by molar-refractivity contribution is 5.80. The van der Waals surface area contributed by atoms with Crippen LogP contribution < -0.4 is 5.73 Å². The normalized spacial score (nSPS) is 17.9. The highest BCUT2D eigenvalue weighted by Crippen LogP contribution is 2.18. The van der Waals surface area contributed by atoms with E-state index in [0.717, 1.165) is 17.7 Å². The van der Waals surface area contributed by atoms with E-state index in [9.17, 15) is 9.59 Å². The van der Waals surface area contributed by atoms with Crippen LogP contribution in [0.2, 0.25) is 0 Å². The molecule has 0 aliphatic carbocycles. The number of carbonyl (C=O) groups excluding carboxylic acids is 2. The van der Waals surface area contributed by atoms with Crippen molar-refractivity contribution in [3.8, 4) is 0 Å². The highest BCUT2D eigenvalue weighted by atomic mass is 16.2. The van der Waals surface area contributed by atoms with Gasteiger partial charge in [0.1, 0.15) is 12.4 Å². The molecule has 1 saturated heterocycles. The Morgan fingerprint density at radius 3 is 2.67 bits per heavy atom. The Bertz CT molecular complexity index is 802. The molecule has 7 nitrogen and oxygen atoms in total. The summed E-state index contributed by atoms with van der Waals surface area (Å²) in [6.45, 7) is 5.54. The summed E-state index contributed by atoms with van der Waals surface area (Å²) in [5, 5.41) is 4.26. The molecule has 144 valence electrons. The Morgan fingerprint density at radius 1 is 1.30 bits per heavy atom. The average molecular weight is 369 g/mol. The van der Waals surface area contributed by atoms with Gasteiger partial charge in [-0.15, -0.1) is 0 Å². The molecule has 0 saturated carbocycles. The summed E-state index contributed by atoms with van der Waals surface area (Å²) in [6, 6.07) is 11.7. The summed E-state index contributed by atoms with van der Waals surface area (Å²) in [6.07, 6.45) is 1.13. The average Bonchev–Trinajstić information content (AvgIpc) is 2.88. The first-order valence-electron chi connectivity index (χ1n) is 9.39. The molecule has 1 fully saturated rings. The van der Waals surface area contributed by atoms with E-state index < -0.39 is 0 Å². The van der Waals surface area contributed by atoms with Crippen molar-refractivity contribution < 1.29 is 9.59 Å². The van der Waals surface area contributed by atoms with Crippen LogP contribution in [0.1, 0.15) is 31.0 Å². The maximum absolute atomic E-state index is 12.8. The molecule has 1 aromatic carbocycles. The molecule has 0 radical (unpaired) electrons. The van der Waals surface area contributed by atoms with E-state index in [1.807, 2.05) is 42.2 Å². The van der Waals surface area contributed by atoms with Crippen LogP contribution in [-0.2, 0) is 22.7 Å².